The summed E-state index contributed by atoms with van der Waals surface area (Å²) in [6.45, 7) is 12.8. The highest BCUT2D eigenvalue weighted by molar-refractivity contribution is 4.88. The Morgan fingerprint density at radius 1 is 1.09 bits per heavy atom. The fraction of sp³-hybridized carbons (Fsp3) is 0.900. The van der Waals surface area contributed by atoms with Crippen LogP contribution in [0.3, 0.4) is 0 Å². The van der Waals surface area contributed by atoms with Crippen LogP contribution < -0.4 is 5.73 Å². The first-order valence-corrected chi connectivity index (χ1v) is 4.48. The number of hydrogen-bond donors (Lipinski definition) is 1. The highest BCUT2D eigenvalue weighted by atomic mass is 14.7. The smallest absolute Gasteiger partial charge is 0.0159 e. The third kappa shape index (κ3) is 6.36. The highest BCUT2D eigenvalue weighted by Crippen LogP contribution is 2.20. The first-order chi connectivity index (χ1) is 4.83. The molecule has 1 radical (unpaired) electrons. The van der Waals surface area contributed by atoms with Crippen molar-refractivity contribution in [1.29, 1.82) is 0 Å². The average Bonchev–Trinajstić information content (AvgIpc) is 1.53. The van der Waals surface area contributed by atoms with Crippen molar-refractivity contribution in [3.05, 3.63) is 6.92 Å². The van der Waals surface area contributed by atoms with Gasteiger partial charge in [-0.05, 0) is 31.6 Å². The van der Waals surface area contributed by atoms with Crippen molar-refractivity contribution in [1.82, 2.24) is 0 Å². The Bertz CT molecular complexity index is 91.4. The lowest BCUT2D eigenvalue weighted by molar-refractivity contribution is 0.341. The molecule has 0 atom stereocenters. The van der Waals surface area contributed by atoms with E-state index in [4.69, 9.17) is 5.73 Å². The van der Waals surface area contributed by atoms with Crippen molar-refractivity contribution in [2.24, 2.45) is 17.6 Å². The van der Waals surface area contributed by atoms with Gasteiger partial charge in [0.1, 0.15) is 0 Å². The molecule has 0 bridgehead atoms. The molecule has 0 aromatic heterocycles. The van der Waals surface area contributed by atoms with E-state index in [1.165, 1.54) is 0 Å². The molecule has 11 heavy (non-hydrogen) atoms. The molecule has 2 N–H and O–H groups in total. The van der Waals surface area contributed by atoms with Crippen LogP contribution in [0.2, 0.25) is 0 Å². The molecule has 1 nitrogen and oxygen atoms in total. The van der Waals surface area contributed by atoms with E-state index in [2.05, 4.69) is 34.6 Å². The van der Waals surface area contributed by atoms with Crippen LogP contribution in [-0.4, -0.2) is 5.54 Å². The lowest BCUT2D eigenvalue weighted by Crippen LogP contribution is -2.39. The molecule has 0 saturated heterocycles. The van der Waals surface area contributed by atoms with Gasteiger partial charge in [0.15, 0.2) is 0 Å². The summed E-state index contributed by atoms with van der Waals surface area (Å²) in [6.07, 6.45) is 2.04. The maximum absolute atomic E-state index is 6.01. The van der Waals surface area contributed by atoms with Crippen molar-refractivity contribution in [3.8, 4) is 0 Å². The van der Waals surface area contributed by atoms with Gasteiger partial charge in [-0.15, -0.1) is 0 Å². The molecule has 0 fully saturated rings. The molecule has 0 aliphatic rings. The first kappa shape index (κ1) is 11.0. The maximum atomic E-state index is 6.01. The van der Waals surface area contributed by atoms with Crippen LogP contribution >= 0.6 is 0 Å². The summed E-state index contributed by atoms with van der Waals surface area (Å²) in [5.74, 6) is 1.30. The molecular formula is C10H22N. The SMILES string of the molecule is [CH2]C(N)(CC(C)C)CC(C)C. The normalized spacial score (nSPS) is 13.1. The number of hydrogen-bond acceptors (Lipinski definition) is 1. The lowest BCUT2D eigenvalue weighted by atomic mass is 9.84. The molecule has 67 valence electrons. The third-order valence-corrected chi connectivity index (χ3v) is 1.63. The van der Waals surface area contributed by atoms with Gasteiger partial charge in [-0.2, -0.15) is 0 Å². The zero-order chi connectivity index (χ0) is 9.07. The molecule has 0 heterocycles. The molecule has 0 amide bonds. The van der Waals surface area contributed by atoms with E-state index in [1.54, 1.807) is 0 Å². The fourth-order valence-electron chi connectivity index (χ4n) is 1.71. The van der Waals surface area contributed by atoms with Crippen LogP contribution in [0.5, 0.6) is 0 Å². The quantitative estimate of drug-likeness (QED) is 0.665. The standard InChI is InChI=1S/C10H22N/c1-8(2)6-10(5,11)7-9(3)4/h8-9H,5-7,11H2,1-4H3. The van der Waals surface area contributed by atoms with Crippen LogP contribution in [0.4, 0.5) is 0 Å². The average molecular weight is 156 g/mol. The predicted molar refractivity (Wildman–Crippen MR) is 51.2 cm³/mol. The summed E-state index contributed by atoms with van der Waals surface area (Å²) in [5.41, 5.74) is 5.80. The highest BCUT2D eigenvalue weighted by Gasteiger charge is 2.20. The summed E-state index contributed by atoms with van der Waals surface area (Å²) in [7, 11) is 0. The van der Waals surface area contributed by atoms with Crippen molar-refractivity contribution < 1.29 is 0 Å². The van der Waals surface area contributed by atoms with Gasteiger partial charge in [-0.1, -0.05) is 27.7 Å². The Balaban J connectivity index is 3.79. The zero-order valence-electron chi connectivity index (χ0n) is 8.35. The van der Waals surface area contributed by atoms with Gasteiger partial charge in [-0.25, -0.2) is 0 Å². The van der Waals surface area contributed by atoms with E-state index < -0.39 is 0 Å². The Morgan fingerprint density at radius 3 is 1.55 bits per heavy atom. The minimum absolute atomic E-state index is 0.206. The fourth-order valence-corrected chi connectivity index (χ4v) is 1.71. The first-order valence-electron chi connectivity index (χ1n) is 4.48. The molecule has 1 heteroatoms. The third-order valence-electron chi connectivity index (χ3n) is 1.63. The second-order valence-corrected chi connectivity index (χ2v) is 4.56. The Hall–Kier alpha value is -0.0400. The largest absolute Gasteiger partial charge is 0.325 e. The number of rotatable bonds is 4. The van der Waals surface area contributed by atoms with Crippen molar-refractivity contribution in [3.63, 3.8) is 0 Å². The van der Waals surface area contributed by atoms with Crippen LogP contribution in [-0.2, 0) is 0 Å². The lowest BCUT2D eigenvalue weighted by Gasteiger charge is -2.28. The van der Waals surface area contributed by atoms with Gasteiger partial charge < -0.3 is 5.73 Å². The summed E-state index contributed by atoms with van der Waals surface area (Å²) >= 11 is 0. The molecule has 0 aromatic rings. The maximum Gasteiger partial charge on any atom is 0.0159 e. The van der Waals surface area contributed by atoms with Crippen LogP contribution in [0.25, 0.3) is 0 Å². The molecular weight excluding hydrogens is 134 g/mol. The molecule has 0 aliphatic carbocycles. The molecule has 0 rings (SSSR count). The Labute approximate surface area is 71.4 Å². The summed E-state index contributed by atoms with van der Waals surface area (Å²) in [5, 5.41) is 0. The Morgan fingerprint density at radius 2 is 1.36 bits per heavy atom. The molecule has 0 aliphatic heterocycles. The second-order valence-electron chi connectivity index (χ2n) is 4.56. The van der Waals surface area contributed by atoms with E-state index >= 15 is 0 Å². The van der Waals surface area contributed by atoms with E-state index in [0.29, 0.717) is 11.8 Å². The molecule has 0 aromatic carbocycles. The van der Waals surface area contributed by atoms with Crippen LogP contribution in [0.15, 0.2) is 0 Å². The predicted octanol–water partition coefficient (Wildman–Crippen LogP) is 2.61. The number of nitrogens with two attached hydrogens (primary N) is 1. The van der Waals surface area contributed by atoms with Gasteiger partial charge in [0.25, 0.3) is 0 Å². The summed E-state index contributed by atoms with van der Waals surface area (Å²) in [4.78, 5) is 0. The van der Waals surface area contributed by atoms with Gasteiger partial charge in [0.2, 0.25) is 0 Å². The van der Waals surface area contributed by atoms with E-state index in [9.17, 15) is 0 Å². The van der Waals surface area contributed by atoms with Crippen LogP contribution in [0, 0.1) is 18.8 Å². The molecule has 0 unspecified atom stereocenters. The monoisotopic (exact) mass is 156 g/mol. The van der Waals surface area contributed by atoms with Gasteiger partial charge in [0, 0.05) is 5.54 Å². The Kier molecular flexibility index (Phi) is 4.09. The summed E-state index contributed by atoms with van der Waals surface area (Å²) < 4.78 is 0. The van der Waals surface area contributed by atoms with Crippen molar-refractivity contribution in [2.45, 2.75) is 46.1 Å². The van der Waals surface area contributed by atoms with Gasteiger partial charge >= 0.3 is 0 Å². The summed E-state index contributed by atoms with van der Waals surface area (Å²) in [6, 6.07) is 0. The van der Waals surface area contributed by atoms with Gasteiger partial charge in [-0.3, -0.25) is 0 Å². The van der Waals surface area contributed by atoms with Gasteiger partial charge in [0.05, 0.1) is 0 Å². The molecule has 0 saturated carbocycles. The van der Waals surface area contributed by atoms with E-state index in [0.717, 1.165) is 12.8 Å². The van der Waals surface area contributed by atoms with E-state index in [-0.39, 0.29) is 5.54 Å². The second kappa shape index (κ2) is 4.10. The van der Waals surface area contributed by atoms with Crippen molar-refractivity contribution >= 4 is 0 Å². The minimum Gasteiger partial charge on any atom is -0.325 e. The minimum atomic E-state index is -0.206. The van der Waals surface area contributed by atoms with Crippen LogP contribution in [0.1, 0.15) is 40.5 Å². The topological polar surface area (TPSA) is 26.0 Å². The zero-order valence-corrected chi connectivity index (χ0v) is 8.35. The van der Waals surface area contributed by atoms with Crippen molar-refractivity contribution in [2.75, 3.05) is 0 Å². The van der Waals surface area contributed by atoms with E-state index in [1.807, 2.05) is 0 Å². The molecule has 0 spiro atoms.